The van der Waals surface area contributed by atoms with E-state index < -0.39 is 5.60 Å². The molecule has 1 unspecified atom stereocenters. The molecule has 0 radical (unpaired) electrons. The number of hydrogen-bond acceptors (Lipinski definition) is 4. The fourth-order valence-electron chi connectivity index (χ4n) is 2.93. The Labute approximate surface area is 166 Å². The number of guanidine groups is 2. The summed E-state index contributed by atoms with van der Waals surface area (Å²) < 4.78 is 5.48. The van der Waals surface area contributed by atoms with E-state index in [1.807, 2.05) is 45.0 Å². The molecular formula is C19H31N7O2. The zero-order chi connectivity index (χ0) is 20.7. The summed E-state index contributed by atoms with van der Waals surface area (Å²) in [6.45, 7) is 7.86. The maximum absolute atomic E-state index is 12.3. The predicted molar refractivity (Wildman–Crippen MR) is 113 cm³/mol. The molecule has 1 aliphatic rings. The molecule has 0 spiro atoms. The Kier molecular flexibility index (Phi) is 7.08. The van der Waals surface area contributed by atoms with Crippen molar-refractivity contribution in [3.63, 3.8) is 0 Å². The van der Waals surface area contributed by atoms with Crippen LogP contribution in [0.2, 0.25) is 0 Å². The summed E-state index contributed by atoms with van der Waals surface area (Å²) in [5.74, 6) is 0.245. The first-order chi connectivity index (χ1) is 13.1. The summed E-state index contributed by atoms with van der Waals surface area (Å²) in [5.41, 5.74) is 17.3. The van der Waals surface area contributed by atoms with Crippen molar-refractivity contribution in [1.29, 1.82) is 0 Å². The molecule has 2 rings (SSSR count). The van der Waals surface area contributed by atoms with Gasteiger partial charge in [-0.25, -0.2) is 9.79 Å². The number of likely N-dealkylation sites (tertiary alicyclic amines) is 1. The number of piperidine rings is 1. The van der Waals surface area contributed by atoms with Crippen molar-refractivity contribution in [3.05, 3.63) is 24.3 Å². The van der Waals surface area contributed by atoms with E-state index in [9.17, 15) is 4.79 Å². The van der Waals surface area contributed by atoms with Crippen molar-refractivity contribution < 1.29 is 9.53 Å². The highest BCUT2D eigenvalue weighted by Gasteiger charge is 2.27. The SMILES string of the molecule is CC(C)(C)OC(=O)N1CCCC(CNc2ccc(N=C(N)N=C(N)N)cc2)C1. The lowest BCUT2D eigenvalue weighted by Gasteiger charge is -2.34. The second-order valence-corrected chi connectivity index (χ2v) is 7.87. The third-order valence-corrected chi connectivity index (χ3v) is 4.12. The number of nitrogens with zero attached hydrogens (tertiary/aromatic N) is 3. The number of carbonyl (C=O) groups excluding carboxylic acids is 1. The fourth-order valence-corrected chi connectivity index (χ4v) is 2.93. The maximum Gasteiger partial charge on any atom is 0.410 e. The van der Waals surface area contributed by atoms with Crippen LogP contribution in [0, 0.1) is 5.92 Å². The molecule has 1 heterocycles. The summed E-state index contributed by atoms with van der Waals surface area (Å²) in [7, 11) is 0. The molecule has 1 amide bonds. The number of amides is 1. The Bertz CT molecular complexity index is 719. The van der Waals surface area contributed by atoms with Crippen LogP contribution in [0.4, 0.5) is 16.2 Å². The van der Waals surface area contributed by atoms with Crippen molar-refractivity contribution in [2.45, 2.75) is 39.2 Å². The lowest BCUT2D eigenvalue weighted by atomic mass is 9.98. The molecule has 0 bridgehead atoms. The van der Waals surface area contributed by atoms with Crippen LogP contribution in [-0.2, 0) is 4.74 Å². The molecule has 0 saturated carbocycles. The van der Waals surface area contributed by atoms with Crippen LogP contribution >= 0.6 is 0 Å². The molecule has 7 N–H and O–H groups in total. The van der Waals surface area contributed by atoms with Gasteiger partial charge in [0.2, 0.25) is 5.96 Å². The molecule has 1 fully saturated rings. The maximum atomic E-state index is 12.3. The molecule has 9 heteroatoms. The molecule has 28 heavy (non-hydrogen) atoms. The van der Waals surface area contributed by atoms with Crippen LogP contribution in [-0.4, -0.2) is 48.1 Å². The highest BCUT2D eigenvalue weighted by Crippen LogP contribution is 2.21. The minimum Gasteiger partial charge on any atom is -0.444 e. The summed E-state index contributed by atoms with van der Waals surface area (Å²) in [5, 5.41) is 3.41. The van der Waals surface area contributed by atoms with Gasteiger partial charge in [-0.1, -0.05) is 0 Å². The number of benzene rings is 1. The molecule has 0 aromatic heterocycles. The standard InChI is InChI=1S/C19H31N7O2/c1-19(2,3)28-18(27)26-10-4-5-13(12-26)11-23-14-6-8-15(9-7-14)24-17(22)25-16(20)21/h6-9,13,23H,4-5,10-12H2,1-3H3,(H6,20,21,22,24,25). The second kappa shape index (κ2) is 9.29. The molecule has 1 atom stereocenters. The van der Waals surface area contributed by atoms with Crippen LogP contribution in [0.25, 0.3) is 0 Å². The van der Waals surface area contributed by atoms with Gasteiger partial charge in [-0.2, -0.15) is 4.99 Å². The molecular weight excluding hydrogens is 358 g/mol. The molecule has 1 aromatic rings. The quantitative estimate of drug-likeness (QED) is 0.458. The Balaban J connectivity index is 1.86. The van der Waals surface area contributed by atoms with Gasteiger partial charge in [0.05, 0.1) is 5.69 Å². The lowest BCUT2D eigenvalue weighted by molar-refractivity contribution is 0.0172. The molecule has 9 nitrogen and oxygen atoms in total. The van der Waals surface area contributed by atoms with E-state index in [1.165, 1.54) is 0 Å². The van der Waals surface area contributed by atoms with E-state index in [1.54, 1.807) is 4.90 Å². The van der Waals surface area contributed by atoms with Gasteiger partial charge in [0, 0.05) is 25.3 Å². The van der Waals surface area contributed by atoms with Gasteiger partial charge in [-0.05, 0) is 63.8 Å². The van der Waals surface area contributed by atoms with E-state index in [0.29, 0.717) is 18.2 Å². The van der Waals surface area contributed by atoms with E-state index in [2.05, 4.69) is 15.3 Å². The summed E-state index contributed by atoms with van der Waals surface area (Å²) >= 11 is 0. The zero-order valence-corrected chi connectivity index (χ0v) is 16.8. The number of nitrogens with one attached hydrogen (secondary N) is 1. The van der Waals surface area contributed by atoms with Crippen LogP contribution in [0.1, 0.15) is 33.6 Å². The van der Waals surface area contributed by atoms with E-state index in [4.69, 9.17) is 21.9 Å². The minimum atomic E-state index is -0.475. The summed E-state index contributed by atoms with van der Waals surface area (Å²) in [6, 6.07) is 7.47. The highest BCUT2D eigenvalue weighted by molar-refractivity contribution is 5.93. The molecule has 0 aliphatic carbocycles. The smallest absolute Gasteiger partial charge is 0.410 e. The van der Waals surface area contributed by atoms with Crippen LogP contribution in [0.15, 0.2) is 34.3 Å². The van der Waals surface area contributed by atoms with Crippen LogP contribution < -0.4 is 22.5 Å². The Morgan fingerprint density at radius 3 is 2.54 bits per heavy atom. The van der Waals surface area contributed by atoms with Crippen molar-refractivity contribution in [3.8, 4) is 0 Å². The highest BCUT2D eigenvalue weighted by atomic mass is 16.6. The molecule has 154 valence electrons. The van der Waals surface area contributed by atoms with E-state index in [-0.39, 0.29) is 18.0 Å². The Hall–Kier alpha value is -2.97. The van der Waals surface area contributed by atoms with Gasteiger partial charge in [-0.15, -0.1) is 0 Å². The minimum absolute atomic E-state index is 0.00477. The number of carbonyl (C=O) groups is 1. The van der Waals surface area contributed by atoms with Gasteiger partial charge < -0.3 is 32.2 Å². The lowest BCUT2D eigenvalue weighted by Crippen LogP contribution is -2.44. The number of aliphatic imine (C=N–C) groups is 2. The van der Waals surface area contributed by atoms with E-state index >= 15 is 0 Å². The van der Waals surface area contributed by atoms with Crippen molar-refractivity contribution in [2.24, 2.45) is 33.1 Å². The largest absolute Gasteiger partial charge is 0.444 e. The van der Waals surface area contributed by atoms with Crippen molar-refractivity contribution >= 4 is 29.4 Å². The van der Waals surface area contributed by atoms with Gasteiger partial charge in [0.15, 0.2) is 5.96 Å². The van der Waals surface area contributed by atoms with Gasteiger partial charge in [0.25, 0.3) is 0 Å². The number of ether oxygens (including phenoxy) is 1. The Morgan fingerprint density at radius 2 is 1.93 bits per heavy atom. The van der Waals surface area contributed by atoms with Crippen molar-refractivity contribution in [1.82, 2.24) is 4.90 Å². The van der Waals surface area contributed by atoms with Gasteiger partial charge in [0.1, 0.15) is 5.60 Å². The third kappa shape index (κ3) is 7.34. The molecule has 1 saturated heterocycles. The first-order valence-corrected chi connectivity index (χ1v) is 9.38. The zero-order valence-electron chi connectivity index (χ0n) is 16.8. The average molecular weight is 390 g/mol. The van der Waals surface area contributed by atoms with Crippen LogP contribution in [0.3, 0.4) is 0 Å². The summed E-state index contributed by atoms with van der Waals surface area (Å²) in [6.07, 6.45) is 1.81. The third-order valence-electron chi connectivity index (χ3n) is 4.12. The van der Waals surface area contributed by atoms with Gasteiger partial charge >= 0.3 is 6.09 Å². The average Bonchev–Trinajstić information content (AvgIpc) is 2.59. The molecule has 1 aliphatic heterocycles. The van der Waals surface area contributed by atoms with E-state index in [0.717, 1.165) is 31.6 Å². The fraction of sp³-hybridized carbons (Fsp3) is 0.526. The van der Waals surface area contributed by atoms with Crippen LogP contribution in [0.5, 0.6) is 0 Å². The predicted octanol–water partition coefficient (Wildman–Crippen LogP) is 1.97. The first-order valence-electron chi connectivity index (χ1n) is 9.38. The first kappa shape index (κ1) is 21.3. The van der Waals surface area contributed by atoms with Gasteiger partial charge in [-0.3, -0.25) is 0 Å². The number of hydrogen-bond donors (Lipinski definition) is 4. The second-order valence-electron chi connectivity index (χ2n) is 7.87. The Morgan fingerprint density at radius 1 is 1.25 bits per heavy atom. The molecule has 1 aromatic carbocycles. The topological polar surface area (TPSA) is 144 Å². The monoisotopic (exact) mass is 389 g/mol. The number of nitrogens with two attached hydrogens (primary N) is 3. The normalized spacial score (nSPS) is 17.8. The van der Waals surface area contributed by atoms with Crippen molar-refractivity contribution in [2.75, 3.05) is 25.0 Å². The summed E-state index contributed by atoms with van der Waals surface area (Å²) in [4.78, 5) is 21.8. The number of rotatable bonds is 4. The number of anilines is 1.